The summed E-state index contributed by atoms with van der Waals surface area (Å²) in [6.45, 7) is 3.93. The van der Waals surface area contributed by atoms with Crippen LogP contribution < -0.4 is 5.32 Å². The lowest BCUT2D eigenvalue weighted by atomic mass is 10.1. The summed E-state index contributed by atoms with van der Waals surface area (Å²) in [5, 5.41) is 3.03. The Kier molecular flexibility index (Phi) is 9.60. The summed E-state index contributed by atoms with van der Waals surface area (Å²) in [6.07, 6.45) is 10.9. The fraction of sp³-hybridized carbons (Fsp3) is 0.462. The van der Waals surface area contributed by atoms with Crippen LogP contribution in [0.5, 0.6) is 0 Å². The summed E-state index contributed by atoms with van der Waals surface area (Å²) in [4.78, 5) is 17.2. The van der Waals surface area contributed by atoms with Crippen LogP contribution in [0, 0.1) is 0 Å². The molecule has 1 N–H and O–H groups in total. The third-order valence-corrected chi connectivity index (χ3v) is 6.22. The van der Waals surface area contributed by atoms with Gasteiger partial charge in [-0.15, -0.1) is 0 Å². The number of para-hydroxylation sites is 2. The molecule has 0 bridgehead atoms. The second-order valence-corrected chi connectivity index (χ2v) is 9.07. The number of nitrogens with one attached hydrogen (secondary N) is 1. The van der Waals surface area contributed by atoms with Crippen molar-refractivity contribution in [2.24, 2.45) is 0 Å². The molecule has 1 amide bonds. The summed E-state index contributed by atoms with van der Waals surface area (Å²) in [5.41, 5.74) is 2.98. The first kappa shape index (κ1) is 23.5. The van der Waals surface area contributed by atoms with Gasteiger partial charge in [0.15, 0.2) is 0 Å². The smallest absolute Gasteiger partial charge is 0.251 e. The first-order chi connectivity index (χ1) is 15.2. The maximum absolute atomic E-state index is 12.3. The lowest BCUT2D eigenvalue weighted by molar-refractivity contribution is 0.0953. The molecule has 0 radical (unpaired) electrons. The van der Waals surface area contributed by atoms with E-state index in [0.717, 1.165) is 35.2 Å². The van der Waals surface area contributed by atoms with Gasteiger partial charge in [0.2, 0.25) is 0 Å². The van der Waals surface area contributed by atoms with Gasteiger partial charge in [0.05, 0.1) is 11.0 Å². The molecule has 0 unspecified atom stereocenters. The number of carbonyl (C=O) groups is 1. The molecule has 0 aliphatic carbocycles. The van der Waals surface area contributed by atoms with Crippen molar-refractivity contribution in [1.82, 2.24) is 14.9 Å². The van der Waals surface area contributed by atoms with E-state index in [1.165, 1.54) is 50.5 Å². The molecule has 1 aromatic heterocycles. The van der Waals surface area contributed by atoms with E-state index in [4.69, 9.17) is 4.98 Å². The number of fused-ring (bicyclic) bond motifs is 1. The molecule has 166 valence electrons. The number of rotatable bonds is 13. The van der Waals surface area contributed by atoms with E-state index in [1.807, 2.05) is 24.3 Å². The van der Waals surface area contributed by atoms with Gasteiger partial charge in [0.25, 0.3) is 5.91 Å². The predicted molar refractivity (Wildman–Crippen MR) is 133 cm³/mol. The second-order valence-electron chi connectivity index (χ2n) is 8.16. The average molecular weight is 484 g/mol. The van der Waals surface area contributed by atoms with Crippen LogP contribution in [-0.4, -0.2) is 22.0 Å². The Morgan fingerprint density at radius 3 is 2.42 bits per heavy atom. The Morgan fingerprint density at radius 1 is 0.935 bits per heavy atom. The molecule has 0 fully saturated rings. The minimum absolute atomic E-state index is 0.0240. The van der Waals surface area contributed by atoms with Crippen molar-refractivity contribution in [1.29, 1.82) is 0 Å². The van der Waals surface area contributed by atoms with Crippen molar-refractivity contribution in [2.45, 2.75) is 71.3 Å². The third-order valence-electron chi connectivity index (χ3n) is 5.69. The minimum atomic E-state index is -0.0240. The topological polar surface area (TPSA) is 46.9 Å². The molecule has 0 atom stereocenters. The zero-order valence-corrected chi connectivity index (χ0v) is 20.2. The van der Waals surface area contributed by atoms with Crippen molar-refractivity contribution in [3.8, 4) is 0 Å². The van der Waals surface area contributed by atoms with Crippen LogP contribution in [0.3, 0.4) is 0 Å². The number of amides is 1. The number of aryl methyl sites for hydroxylation is 2. The van der Waals surface area contributed by atoms with Gasteiger partial charge in [0.1, 0.15) is 5.82 Å². The molecule has 5 heteroatoms. The zero-order chi connectivity index (χ0) is 21.9. The van der Waals surface area contributed by atoms with Crippen molar-refractivity contribution in [3.05, 3.63) is 64.4 Å². The molecular formula is C26H34BrN3O. The Labute approximate surface area is 194 Å². The van der Waals surface area contributed by atoms with Crippen molar-refractivity contribution >= 4 is 32.9 Å². The van der Waals surface area contributed by atoms with E-state index in [9.17, 15) is 4.79 Å². The van der Waals surface area contributed by atoms with Gasteiger partial charge < -0.3 is 9.88 Å². The van der Waals surface area contributed by atoms with Gasteiger partial charge in [-0.05, 0) is 49.2 Å². The molecule has 31 heavy (non-hydrogen) atoms. The molecule has 0 spiro atoms. The summed E-state index contributed by atoms with van der Waals surface area (Å²) >= 11 is 3.40. The van der Waals surface area contributed by atoms with E-state index in [-0.39, 0.29) is 5.91 Å². The number of carbonyl (C=O) groups excluding carboxylic acids is 1. The van der Waals surface area contributed by atoms with Crippen molar-refractivity contribution in [2.75, 3.05) is 6.54 Å². The van der Waals surface area contributed by atoms with E-state index in [0.29, 0.717) is 12.1 Å². The normalized spacial score (nSPS) is 11.2. The first-order valence-corrected chi connectivity index (χ1v) is 12.5. The fourth-order valence-corrected chi connectivity index (χ4v) is 4.21. The third kappa shape index (κ3) is 7.20. The highest BCUT2D eigenvalue weighted by atomic mass is 79.9. The maximum Gasteiger partial charge on any atom is 0.251 e. The van der Waals surface area contributed by atoms with Crippen LogP contribution in [-0.2, 0) is 13.0 Å². The van der Waals surface area contributed by atoms with Crippen LogP contribution in [0.25, 0.3) is 11.0 Å². The average Bonchev–Trinajstić information content (AvgIpc) is 3.14. The molecule has 0 aliphatic rings. The molecule has 0 aliphatic heterocycles. The summed E-state index contributed by atoms with van der Waals surface area (Å²) < 4.78 is 3.36. The highest BCUT2D eigenvalue weighted by Gasteiger charge is 2.11. The minimum Gasteiger partial charge on any atom is -0.352 e. The first-order valence-electron chi connectivity index (χ1n) is 11.7. The number of benzene rings is 2. The van der Waals surface area contributed by atoms with Crippen molar-refractivity contribution in [3.63, 3.8) is 0 Å². The Hall–Kier alpha value is -2.14. The molecule has 3 aromatic rings. The van der Waals surface area contributed by atoms with Crippen LogP contribution in [0.15, 0.2) is 53.0 Å². The zero-order valence-electron chi connectivity index (χ0n) is 18.6. The van der Waals surface area contributed by atoms with Gasteiger partial charge in [0, 0.05) is 29.5 Å². The van der Waals surface area contributed by atoms with E-state index < -0.39 is 0 Å². The van der Waals surface area contributed by atoms with Crippen LogP contribution >= 0.6 is 15.9 Å². The molecule has 1 heterocycles. The van der Waals surface area contributed by atoms with Crippen LogP contribution in [0.4, 0.5) is 0 Å². The number of nitrogens with zero attached hydrogens (tertiary/aromatic N) is 2. The highest BCUT2D eigenvalue weighted by Crippen LogP contribution is 2.19. The van der Waals surface area contributed by atoms with Crippen LogP contribution in [0.2, 0.25) is 0 Å². The van der Waals surface area contributed by atoms with E-state index >= 15 is 0 Å². The van der Waals surface area contributed by atoms with Gasteiger partial charge >= 0.3 is 0 Å². The van der Waals surface area contributed by atoms with Crippen molar-refractivity contribution < 1.29 is 4.79 Å². The SMILES string of the molecule is CCCCCCCCCn1c(CCCNC(=O)c2ccc(Br)cc2)nc2ccccc21. The van der Waals surface area contributed by atoms with Gasteiger partial charge in [-0.1, -0.05) is 73.5 Å². The number of hydrogen-bond donors (Lipinski definition) is 1. The van der Waals surface area contributed by atoms with Gasteiger partial charge in [-0.2, -0.15) is 0 Å². The van der Waals surface area contributed by atoms with Gasteiger partial charge in [-0.25, -0.2) is 4.98 Å². The largest absolute Gasteiger partial charge is 0.352 e. The monoisotopic (exact) mass is 483 g/mol. The number of imidazole rings is 1. The molecule has 0 saturated heterocycles. The number of unbranched alkanes of at least 4 members (excludes halogenated alkanes) is 6. The molecule has 4 nitrogen and oxygen atoms in total. The number of aromatic nitrogens is 2. The quantitative estimate of drug-likeness (QED) is 0.268. The fourth-order valence-electron chi connectivity index (χ4n) is 3.94. The summed E-state index contributed by atoms with van der Waals surface area (Å²) in [6, 6.07) is 15.9. The van der Waals surface area contributed by atoms with E-state index in [2.05, 4.69) is 57.0 Å². The van der Waals surface area contributed by atoms with E-state index in [1.54, 1.807) is 0 Å². The Bertz CT molecular complexity index is 949. The molecule has 0 saturated carbocycles. The predicted octanol–water partition coefficient (Wildman–Crippen LogP) is 6.91. The summed E-state index contributed by atoms with van der Waals surface area (Å²) in [7, 11) is 0. The lowest BCUT2D eigenvalue weighted by Crippen LogP contribution is -2.25. The summed E-state index contributed by atoms with van der Waals surface area (Å²) in [5.74, 6) is 1.11. The van der Waals surface area contributed by atoms with Crippen LogP contribution in [0.1, 0.15) is 74.5 Å². The molecule has 3 rings (SSSR count). The molecular weight excluding hydrogens is 450 g/mol. The Balaban J connectivity index is 1.50. The molecule has 2 aromatic carbocycles. The lowest BCUT2D eigenvalue weighted by Gasteiger charge is -2.10. The Morgan fingerprint density at radius 2 is 1.65 bits per heavy atom. The maximum atomic E-state index is 12.3. The standard InChI is InChI=1S/C26H34BrN3O/c1-2-3-4-5-6-7-10-20-30-24-13-9-8-12-23(24)29-25(30)14-11-19-28-26(31)21-15-17-22(27)18-16-21/h8-9,12-13,15-18H,2-7,10-11,14,19-20H2,1H3,(H,28,31). The highest BCUT2D eigenvalue weighted by molar-refractivity contribution is 9.10. The second kappa shape index (κ2) is 12.7. The number of hydrogen-bond acceptors (Lipinski definition) is 2. The number of halogens is 1. The van der Waals surface area contributed by atoms with Gasteiger partial charge in [-0.3, -0.25) is 4.79 Å².